The molecule has 11 nitrogen and oxygen atoms in total. The van der Waals surface area contributed by atoms with Crippen molar-refractivity contribution in [3.63, 3.8) is 0 Å². The van der Waals surface area contributed by atoms with Crippen LogP contribution in [0.3, 0.4) is 0 Å². The first-order chi connectivity index (χ1) is 14.2. The summed E-state index contributed by atoms with van der Waals surface area (Å²) >= 11 is 5.90. The van der Waals surface area contributed by atoms with Crippen molar-refractivity contribution in [1.82, 2.24) is 20.6 Å². The Kier molecular flexibility index (Phi) is 6.02. The maximum Gasteiger partial charge on any atom is 0.408 e. The van der Waals surface area contributed by atoms with Gasteiger partial charge in [-0.15, -0.1) is 0 Å². The van der Waals surface area contributed by atoms with Gasteiger partial charge in [0.15, 0.2) is 10.8 Å². The molecule has 0 unspecified atom stereocenters. The number of rotatable bonds is 5. The van der Waals surface area contributed by atoms with E-state index in [9.17, 15) is 19.7 Å². The minimum Gasteiger partial charge on any atom is -0.454 e. The summed E-state index contributed by atoms with van der Waals surface area (Å²) in [6.07, 6.45) is 0. The van der Waals surface area contributed by atoms with Gasteiger partial charge in [0.1, 0.15) is 12.3 Å². The summed E-state index contributed by atoms with van der Waals surface area (Å²) < 4.78 is 6.72. The summed E-state index contributed by atoms with van der Waals surface area (Å²) in [4.78, 5) is 34.2. The Morgan fingerprint density at radius 3 is 2.50 bits per heavy atom. The van der Waals surface area contributed by atoms with Crippen LogP contribution in [-0.4, -0.2) is 26.6 Å². The van der Waals surface area contributed by atoms with Crippen LogP contribution in [0.4, 0.5) is 16.3 Å². The molecule has 0 fully saturated rings. The zero-order chi connectivity index (χ0) is 21.8. The average Bonchev–Trinajstić information content (AvgIpc) is 3.28. The Morgan fingerprint density at radius 1 is 1.17 bits per heavy atom. The van der Waals surface area contributed by atoms with Crippen LogP contribution >= 0.6 is 11.6 Å². The number of urea groups is 1. The number of aryl methyl sites for hydroxylation is 1. The number of halogens is 1. The molecule has 3 amide bonds. The van der Waals surface area contributed by atoms with E-state index in [4.69, 9.17) is 16.0 Å². The summed E-state index contributed by atoms with van der Waals surface area (Å²) in [6.45, 7) is 3.54. The number of nitro groups is 1. The SMILES string of the molecule is Cc1ccc(NC(=O)NNC(=O)c2ccc(Cn3nc([N+](=O)[O-])c(Cl)c3C)o2)cc1. The van der Waals surface area contributed by atoms with Crippen molar-refractivity contribution in [3.8, 4) is 0 Å². The average molecular weight is 433 g/mol. The fraction of sp³-hybridized carbons (Fsp3) is 0.167. The minimum absolute atomic E-state index is 0.0357. The molecular weight excluding hydrogens is 416 g/mol. The first kappa shape index (κ1) is 20.9. The van der Waals surface area contributed by atoms with Crippen molar-refractivity contribution in [2.75, 3.05) is 5.32 Å². The first-order valence-electron chi connectivity index (χ1n) is 8.64. The topological polar surface area (TPSA) is 144 Å². The first-order valence-corrected chi connectivity index (χ1v) is 9.02. The Bertz CT molecular complexity index is 1100. The third-order valence-electron chi connectivity index (χ3n) is 4.08. The van der Waals surface area contributed by atoms with E-state index in [0.29, 0.717) is 17.1 Å². The Balaban J connectivity index is 1.57. The second-order valence-corrected chi connectivity index (χ2v) is 6.68. The molecule has 3 aromatic rings. The van der Waals surface area contributed by atoms with Crippen LogP contribution in [0.1, 0.15) is 27.6 Å². The zero-order valence-corrected chi connectivity index (χ0v) is 16.7. The number of amides is 3. The summed E-state index contributed by atoms with van der Waals surface area (Å²) in [5.41, 5.74) is 6.44. The van der Waals surface area contributed by atoms with Gasteiger partial charge in [0, 0.05) is 5.69 Å². The molecular formula is C18H17ClN6O5. The van der Waals surface area contributed by atoms with E-state index in [1.165, 1.54) is 16.8 Å². The number of hydrogen-bond acceptors (Lipinski definition) is 6. The molecule has 0 spiro atoms. The van der Waals surface area contributed by atoms with Crippen molar-refractivity contribution in [3.05, 3.63) is 74.3 Å². The highest BCUT2D eigenvalue weighted by atomic mass is 35.5. The third-order valence-corrected chi connectivity index (χ3v) is 4.52. The maximum absolute atomic E-state index is 12.1. The monoisotopic (exact) mass is 432 g/mol. The quantitative estimate of drug-likeness (QED) is 0.417. The van der Waals surface area contributed by atoms with E-state index in [-0.39, 0.29) is 17.3 Å². The molecule has 0 aliphatic rings. The standard InChI is InChI=1S/C18H17ClN6O5/c1-10-3-5-12(6-4-10)20-18(27)22-21-17(26)14-8-7-13(30-14)9-24-11(2)15(19)16(23-24)25(28)29/h3-8H,9H2,1-2H3,(H,21,26)(H2,20,22,27). The van der Waals surface area contributed by atoms with E-state index < -0.39 is 22.7 Å². The second-order valence-electron chi connectivity index (χ2n) is 6.30. The molecule has 0 saturated carbocycles. The van der Waals surface area contributed by atoms with E-state index in [1.807, 2.05) is 19.1 Å². The predicted octanol–water partition coefficient (Wildman–Crippen LogP) is 3.17. The van der Waals surface area contributed by atoms with Crippen LogP contribution in [0.5, 0.6) is 0 Å². The summed E-state index contributed by atoms with van der Waals surface area (Å²) in [6, 6.07) is 9.41. The van der Waals surface area contributed by atoms with Gasteiger partial charge in [-0.1, -0.05) is 29.3 Å². The van der Waals surface area contributed by atoms with Crippen molar-refractivity contribution >= 4 is 35.0 Å². The number of benzene rings is 1. The van der Waals surface area contributed by atoms with Crippen LogP contribution in [0.25, 0.3) is 0 Å². The van der Waals surface area contributed by atoms with Gasteiger partial charge in [0.25, 0.3) is 0 Å². The molecule has 0 aliphatic carbocycles. The predicted molar refractivity (Wildman–Crippen MR) is 107 cm³/mol. The molecule has 12 heteroatoms. The summed E-state index contributed by atoms with van der Waals surface area (Å²) in [5.74, 6) is -0.878. The van der Waals surface area contributed by atoms with Crippen LogP contribution < -0.4 is 16.2 Å². The summed E-state index contributed by atoms with van der Waals surface area (Å²) in [7, 11) is 0. The van der Waals surface area contributed by atoms with E-state index in [0.717, 1.165) is 5.56 Å². The van der Waals surface area contributed by atoms with Gasteiger partial charge < -0.3 is 19.8 Å². The minimum atomic E-state index is -0.680. The molecule has 0 radical (unpaired) electrons. The Hall–Kier alpha value is -3.86. The van der Waals surface area contributed by atoms with Crippen molar-refractivity contribution < 1.29 is 18.9 Å². The molecule has 3 N–H and O–H groups in total. The van der Waals surface area contributed by atoms with Crippen LogP contribution in [0.15, 0.2) is 40.8 Å². The number of hydrogen-bond donors (Lipinski definition) is 3. The van der Waals surface area contributed by atoms with Crippen LogP contribution in [0, 0.1) is 24.0 Å². The fourth-order valence-corrected chi connectivity index (χ4v) is 2.69. The molecule has 0 saturated heterocycles. The molecule has 0 aliphatic heterocycles. The third kappa shape index (κ3) is 4.75. The highest BCUT2D eigenvalue weighted by Gasteiger charge is 2.24. The van der Waals surface area contributed by atoms with Gasteiger partial charge in [-0.25, -0.2) is 10.2 Å². The number of carbonyl (C=O) groups excluding carboxylic acids is 2. The van der Waals surface area contributed by atoms with Gasteiger partial charge in [-0.3, -0.25) is 10.2 Å². The van der Waals surface area contributed by atoms with Crippen LogP contribution in [-0.2, 0) is 6.54 Å². The molecule has 2 aromatic heterocycles. The van der Waals surface area contributed by atoms with Crippen molar-refractivity contribution in [2.24, 2.45) is 0 Å². The number of hydrazine groups is 1. The number of nitrogens with one attached hydrogen (secondary N) is 3. The van der Waals surface area contributed by atoms with Gasteiger partial charge in [-0.2, -0.15) is 4.68 Å². The van der Waals surface area contributed by atoms with Crippen molar-refractivity contribution in [2.45, 2.75) is 20.4 Å². The van der Waals surface area contributed by atoms with E-state index in [1.54, 1.807) is 19.1 Å². The Labute approximate surface area is 175 Å². The van der Waals surface area contributed by atoms with Crippen molar-refractivity contribution in [1.29, 1.82) is 0 Å². The fourth-order valence-electron chi connectivity index (χ4n) is 2.49. The van der Waals surface area contributed by atoms with Gasteiger partial charge in [0.2, 0.25) is 0 Å². The maximum atomic E-state index is 12.1. The molecule has 3 rings (SSSR count). The van der Waals surface area contributed by atoms with Gasteiger partial charge in [-0.05, 0) is 43.0 Å². The lowest BCUT2D eigenvalue weighted by molar-refractivity contribution is -0.389. The number of aromatic nitrogens is 2. The number of anilines is 1. The zero-order valence-electron chi connectivity index (χ0n) is 15.9. The van der Waals surface area contributed by atoms with Gasteiger partial charge in [0.05, 0.1) is 10.8 Å². The molecule has 2 heterocycles. The van der Waals surface area contributed by atoms with Crippen LogP contribution in [0.2, 0.25) is 5.02 Å². The molecule has 30 heavy (non-hydrogen) atoms. The molecule has 0 bridgehead atoms. The summed E-state index contributed by atoms with van der Waals surface area (Å²) in [5, 5.41) is 17.2. The largest absolute Gasteiger partial charge is 0.454 e. The smallest absolute Gasteiger partial charge is 0.408 e. The second kappa shape index (κ2) is 8.66. The number of carbonyl (C=O) groups is 2. The number of furan rings is 1. The lowest BCUT2D eigenvalue weighted by Gasteiger charge is -2.08. The Morgan fingerprint density at radius 2 is 1.87 bits per heavy atom. The molecule has 1 aromatic carbocycles. The molecule has 0 atom stereocenters. The van der Waals surface area contributed by atoms with Gasteiger partial charge >= 0.3 is 17.8 Å². The normalized spacial score (nSPS) is 10.5. The lowest BCUT2D eigenvalue weighted by Crippen LogP contribution is -2.43. The van der Waals surface area contributed by atoms with E-state index in [2.05, 4.69) is 21.3 Å². The lowest BCUT2D eigenvalue weighted by atomic mass is 10.2. The highest BCUT2D eigenvalue weighted by molar-refractivity contribution is 6.33. The van der Waals surface area contributed by atoms with E-state index >= 15 is 0 Å². The highest BCUT2D eigenvalue weighted by Crippen LogP contribution is 2.27. The number of nitrogens with zero attached hydrogens (tertiary/aromatic N) is 3. The molecule has 156 valence electrons.